The molecular weight excluding hydrogens is 374 g/mol. The molecule has 0 amide bonds. The van der Waals surface area contributed by atoms with Crippen molar-refractivity contribution in [2.24, 2.45) is 0 Å². The van der Waals surface area contributed by atoms with Crippen LogP contribution < -0.4 is 5.32 Å². The quantitative estimate of drug-likeness (QED) is 0.726. The van der Waals surface area contributed by atoms with Crippen LogP contribution in [0.4, 0.5) is 0 Å². The van der Waals surface area contributed by atoms with Crippen molar-refractivity contribution in [2.45, 2.75) is 19.4 Å². The summed E-state index contributed by atoms with van der Waals surface area (Å²) >= 11 is 8.90. The smallest absolute Gasteiger partial charge is 0.0843 e. The Labute approximate surface area is 129 Å². The van der Waals surface area contributed by atoms with Gasteiger partial charge in [-0.2, -0.15) is 0 Å². The van der Waals surface area contributed by atoms with E-state index in [0.717, 1.165) is 21.2 Å². The van der Waals surface area contributed by atoms with E-state index in [2.05, 4.69) is 80.5 Å². The number of thiophene rings is 1. The number of halogens is 2. The second-order valence-electron chi connectivity index (χ2n) is 4.07. The molecule has 0 aliphatic rings. The first-order chi connectivity index (χ1) is 8.72. The third-order valence-electron chi connectivity index (χ3n) is 2.68. The highest BCUT2D eigenvalue weighted by atomic mass is 79.9. The van der Waals surface area contributed by atoms with Crippen molar-refractivity contribution in [3.8, 4) is 0 Å². The van der Waals surface area contributed by atoms with Gasteiger partial charge in [-0.25, -0.2) is 0 Å². The zero-order chi connectivity index (χ0) is 13.0. The van der Waals surface area contributed by atoms with E-state index in [4.69, 9.17) is 0 Å². The van der Waals surface area contributed by atoms with E-state index < -0.39 is 0 Å². The van der Waals surface area contributed by atoms with Crippen LogP contribution in [0.15, 0.2) is 44.7 Å². The molecule has 1 nitrogen and oxygen atoms in total. The molecule has 1 N–H and O–H groups in total. The van der Waals surface area contributed by atoms with Crippen LogP contribution in [0.2, 0.25) is 0 Å². The van der Waals surface area contributed by atoms with Crippen LogP contribution >= 0.6 is 43.2 Å². The minimum atomic E-state index is 0.277. The Balaban J connectivity index is 2.30. The van der Waals surface area contributed by atoms with Gasteiger partial charge >= 0.3 is 0 Å². The Hall–Kier alpha value is -0.160. The maximum atomic E-state index is 3.61. The highest BCUT2D eigenvalue weighted by Gasteiger charge is 2.16. The predicted octanol–water partition coefficient (Wildman–Crippen LogP) is 5.36. The minimum Gasteiger partial charge on any atom is -0.306 e. The number of hydrogen-bond donors (Lipinski definition) is 1. The second kappa shape index (κ2) is 6.85. The van der Waals surface area contributed by atoms with Crippen molar-refractivity contribution >= 4 is 43.2 Å². The lowest BCUT2D eigenvalue weighted by molar-refractivity contribution is 0.606. The van der Waals surface area contributed by atoms with Crippen LogP contribution in [0, 0.1) is 0 Å². The molecule has 0 radical (unpaired) electrons. The highest BCUT2D eigenvalue weighted by Crippen LogP contribution is 2.37. The van der Waals surface area contributed by atoms with E-state index in [1.54, 1.807) is 11.3 Å². The van der Waals surface area contributed by atoms with Gasteiger partial charge in [0.15, 0.2) is 0 Å². The minimum absolute atomic E-state index is 0.277. The van der Waals surface area contributed by atoms with E-state index in [-0.39, 0.29) is 6.04 Å². The van der Waals surface area contributed by atoms with Crippen molar-refractivity contribution in [3.63, 3.8) is 0 Å². The van der Waals surface area contributed by atoms with Gasteiger partial charge in [0.1, 0.15) is 0 Å². The van der Waals surface area contributed by atoms with Crippen LogP contribution in [0.25, 0.3) is 0 Å². The second-order valence-corrected chi connectivity index (χ2v) is 7.32. The zero-order valence-electron chi connectivity index (χ0n) is 10.1. The van der Waals surface area contributed by atoms with Crippen molar-refractivity contribution in [1.82, 2.24) is 5.32 Å². The number of hydrogen-bond acceptors (Lipinski definition) is 2. The summed E-state index contributed by atoms with van der Waals surface area (Å²) in [6.07, 6.45) is 1.14. The fraction of sp³-hybridized carbons (Fsp3) is 0.286. The molecule has 1 aromatic heterocycles. The Morgan fingerprint density at radius 2 is 1.94 bits per heavy atom. The first-order valence-corrected chi connectivity index (χ1v) is 8.35. The summed E-state index contributed by atoms with van der Waals surface area (Å²) in [6.45, 7) is 3.21. The third kappa shape index (κ3) is 3.44. The van der Waals surface area contributed by atoms with E-state index >= 15 is 0 Å². The average molecular weight is 389 g/mol. The first kappa shape index (κ1) is 14.3. The molecule has 1 aromatic carbocycles. The van der Waals surface area contributed by atoms with E-state index in [0.29, 0.717) is 0 Å². The molecule has 0 bridgehead atoms. The lowest BCUT2D eigenvalue weighted by Gasteiger charge is -2.17. The Morgan fingerprint density at radius 1 is 1.22 bits per heavy atom. The average Bonchev–Trinajstić information content (AvgIpc) is 2.71. The molecule has 0 fully saturated rings. The summed E-state index contributed by atoms with van der Waals surface area (Å²) in [5, 5.41) is 3.61. The summed E-state index contributed by atoms with van der Waals surface area (Å²) in [4.78, 5) is 1.33. The maximum Gasteiger partial charge on any atom is 0.0843 e. The molecule has 2 rings (SSSR count). The van der Waals surface area contributed by atoms with Gasteiger partial charge in [0.2, 0.25) is 0 Å². The van der Waals surface area contributed by atoms with E-state index in [1.165, 1.54) is 10.4 Å². The van der Waals surface area contributed by atoms with Gasteiger partial charge in [-0.3, -0.25) is 0 Å². The first-order valence-electron chi connectivity index (χ1n) is 5.95. The fourth-order valence-corrected chi connectivity index (χ4v) is 4.02. The molecule has 2 aromatic rings. The standard InChI is InChI=1S/C14H15Br2NS/c1-2-8-17-13(10-6-4-3-5-7-10)12-9-11(15)14(16)18-12/h3-7,9,13,17H,2,8H2,1H3. The summed E-state index contributed by atoms with van der Waals surface area (Å²) in [6, 6.07) is 13.1. The molecule has 0 saturated carbocycles. The van der Waals surface area contributed by atoms with Crippen molar-refractivity contribution in [2.75, 3.05) is 6.54 Å². The van der Waals surface area contributed by atoms with Gasteiger partial charge in [-0.15, -0.1) is 11.3 Å². The number of rotatable bonds is 5. The number of nitrogens with one attached hydrogen (secondary N) is 1. The van der Waals surface area contributed by atoms with Crippen LogP contribution in [0.1, 0.15) is 29.8 Å². The normalized spacial score (nSPS) is 12.6. The molecule has 18 heavy (non-hydrogen) atoms. The molecule has 0 aliphatic carbocycles. The Morgan fingerprint density at radius 3 is 2.50 bits per heavy atom. The summed E-state index contributed by atoms with van der Waals surface area (Å²) < 4.78 is 2.28. The SMILES string of the molecule is CCCNC(c1ccccc1)c1cc(Br)c(Br)s1. The Kier molecular flexibility index (Phi) is 5.42. The van der Waals surface area contributed by atoms with Crippen LogP contribution in [0.5, 0.6) is 0 Å². The van der Waals surface area contributed by atoms with E-state index in [9.17, 15) is 0 Å². The topological polar surface area (TPSA) is 12.0 Å². The predicted molar refractivity (Wildman–Crippen MR) is 86.3 cm³/mol. The molecule has 0 saturated heterocycles. The van der Waals surface area contributed by atoms with Gasteiger partial charge < -0.3 is 5.32 Å². The van der Waals surface area contributed by atoms with E-state index in [1.807, 2.05) is 0 Å². The molecule has 0 aliphatic heterocycles. The van der Waals surface area contributed by atoms with Crippen LogP contribution in [-0.4, -0.2) is 6.54 Å². The number of benzene rings is 1. The molecule has 1 atom stereocenters. The summed E-state index contributed by atoms with van der Waals surface area (Å²) in [7, 11) is 0. The van der Waals surface area contributed by atoms with Gasteiger partial charge in [-0.05, 0) is 56.5 Å². The zero-order valence-corrected chi connectivity index (χ0v) is 14.1. The van der Waals surface area contributed by atoms with Crippen molar-refractivity contribution < 1.29 is 0 Å². The highest BCUT2D eigenvalue weighted by molar-refractivity contribution is 9.13. The van der Waals surface area contributed by atoms with Crippen molar-refractivity contribution in [3.05, 3.63) is 55.1 Å². The Bertz CT molecular complexity index is 476. The lowest BCUT2D eigenvalue weighted by Crippen LogP contribution is -2.22. The fourth-order valence-electron chi connectivity index (χ4n) is 1.82. The summed E-state index contributed by atoms with van der Waals surface area (Å²) in [5.41, 5.74) is 1.31. The van der Waals surface area contributed by atoms with Crippen molar-refractivity contribution in [1.29, 1.82) is 0 Å². The lowest BCUT2D eigenvalue weighted by atomic mass is 10.1. The largest absolute Gasteiger partial charge is 0.306 e. The third-order valence-corrected chi connectivity index (χ3v) is 6.00. The van der Waals surface area contributed by atoms with Gasteiger partial charge in [-0.1, -0.05) is 37.3 Å². The van der Waals surface area contributed by atoms with Gasteiger partial charge in [0.05, 0.1) is 9.83 Å². The molecular formula is C14H15Br2NS. The summed E-state index contributed by atoms with van der Waals surface area (Å²) in [5.74, 6) is 0. The van der Waals surface area contributed by atoms with Crippen LogP contribution in [-0.2, 0) is 0 Å². The molecule has 1 heterocycles. The monoisotopic (exact) mass is 387 g/mol. The van der Waals surface area contributed by atoms with Gasteiger partial charge in [0, 0.05) is 9.35 Å². The van der Waals surface area contributed by atoms with Gasteiger partial charge in [0.25, 0.3) is 0 Å². The molecule has 4 heteroatoms. The molecule has 1 unspecified atom stereocenters. The maximum absolute atomic E-state index is 3.61. The molecule has 0 spiro atoms. The molecule has 96 valence electrons. The van der Waals surface area contributed by atoms with Crippen LogP contribution in [0.3, 0.4) is 0 Å².